The molecule has 0 unspecified atom stereocenters. The van der Waals surface area contributed by atoms with E-state index in [1.165, 1.54) is 38.1 Å². The standard InChI is InChI=1S/C16H20BrFN2O/c17-15-11-12(18)3-4-14(15)16(21)20-9-5-13(6-10-20)19-7-1-2-8-19/h3-4,11,13H,1-2,5-10H2. The van der Waals surface area contributed by atoms with Crippen LogP contribution in [0.1, 0.15) is 36.0 Å². The van der Waals surface area contributed by atoms with Crippen LogP contribution in [0.4, 0.5) is 4.39 Å². The minimum Gasteiger partial charge on any atom is -0.338 e. The van der Waals surface area contributed by atoms with Gasteiger partial charge in [-0.25, -0.2) is 4.39 Å². The van der Waals surface area contributed by atoms with Gasteiger partial charge in [-0.05, 0) is 72.9 Å². The van der Waals surface area contributed by atoms with Crippen LogP contribution >= 0.6 is 15.9 Å². The normalized spacial score (nSPS) is 21.0. The van der Waals surface area contributed by atoms with E-state index in [2.05, 4.69) is 20.8 Å². The maximum Gasteiger partial charge on any atom is 0.255 e. The Morgan fingerprint density at radius 3 is 2.43 bits per heavy atom. The number of benzene rings is 1. The summed E-state index contributed by atoms with van der Waals surface area (Å²) in [4.78, 5) is 17.0. The largest absolute Gasteiger partial charge is 0.338 e. The van der Waals surface area contributed by atoms with E-state index in [1.807, 2.05) is 4.90 Å². The third-order valence-electron chi connectivity index (χ3n) is 4.57. The first-order valence-electron chi connectivity index (χ1n) is 7.63. The second-order valence-corrected chi connectivity index (χ2v) is 6.74. The average Bonchev–Trinajstić information content (AvgIpc) is 3.01. The van der Waals surface area contributed by atoms with E-state index >= 15 is 0 Å². The van der Waals surface area contributed by atoms with Gasteiger partial charge in [0.2, 0.25) is 0 Å². The first-order chi connectivity index (χ1) is 10.1. The Balaban J connectivity index is 1.62. The molecule has 1 aromatic rings. The van der Waals surface area contributed by atoms with Crippen molar-refractivity contribution in [1.29, 1.82) is 0 Å². The lowest BCUT2D eigenvalue weighted by Crippen LogP contribution is -2.46. The first kappa shape index (κ1) is 15.0. The Morgan fingerprint density at radius 2 is 1.81 bits per heavy atom. The van der Waals surface area contributed by atoms with Crippen LogP contribution in [-0.2, 0) is 0 Å². The van der Waals surface area contributed by atoms with Crippen molar-refractivity contribution >= 4 is 21.8 Å². The van der Waals surface area contributed by atoms with Crippen LogP contribution in [-0.4, -0.2) is 47.9 Å². The van der Waals surface area contributed by atoms with Crippen LogP contribution in [0.15, 0.2) is 22.7 Å². The molecule has 0 aliphatic carbocycles. The molecule has 1 amide bonds. The van der Waals surface area contributed by atoms with E-state index in [4.69, 9.17) is 0 Å². The minimum absolute atomic E-state index is 0.00162. The summed E-state index contributed by atoms with van der Waals surface area (Å²) in [5.74, 6) is -0.326. The predicted octanol–water partition coefficient (Wildman–Crippen LogP) is 3.29. The maximum atomic E-state index is 13.1. The number of hydrogen-bond acceptors (Lipinski definition) is 2. The maximum absolute atomic E-state index is 13.1. The molecule has 0 aromatic heterocycles. The molecule has 0 saturated carbocycles. The molecule has 0 spiro atoms. The first-order valence-corrected chi connectivity index (χ1v) is 8.43. The Bertz CT molecular complexity index is 523. The lowest BCUT2D eigenvalue weighted by atomic mass is 10.0. The summed E-state index contributed by atoms with van der Waals surface area (Å²) in [6, 6.07) is 4.89. The number of halogens is 2. The zero-order chi connectivity index (χ0) is 14.8. The van der Waals surface area contributed by atoms with Gasteiger partial charge >= 0.3 is 0 Å². The van der Waals surface area contributed by atoms with Crippen molar-refractivity contribution in [3.8, 4) is 0 Å². The van der Waals surface area contributed by atoms with E-state index in [0.717, 1.165) is 25.9 Å². The molecule has 0 atom stereocenters. The van der Waals surface area contributed by atoms with E-state index in [1.54, 1.807) is 6.07 Å². The molecule has 2 aliphatic rings. The highest BCUT2D eigenvalue weighted by molar-refractivity contribution is 9.10. The van der Waals surface area contributed by atoms with Gasteiger partial charge in [-0.15, -0.1) is 0 Å². The highest BCUT2D eigenvalue weighted by atomic mass is 79.9. The molecule has 2 fully saturated rings. The summed E-state index contributed by atoms with van der Waals surface area (Å²) < 4.78 is 13.7. The molecule has 3 rings (SSSR count). The van der Waals surface area contributed by atoms with Gasteiger partial charge in [0.05, 0.1) is 5.56 Å². The van der Waals surface area contributed by atoms with E-state index < -0.39 is 0 Å². The fourth-order valence-electron chi connectivity index (χ4n) is 3.37. The predicted molar refractivity (Wildman–Crippen MR) is 83.8 cm³/mol. The van der Waals surface area contributed by atoms with Crippen LogP contribution in [0.2, 0.25) is 0 Å². The highest BCUT2D eigenvalue weighted by Gasteiger charge is 2.29. The molecule has 5 heteroatoms. The van der Waals surface area contributed by atoms with Gasteiger partial charge in [-0.2, -0.15) is 0 Å². The van der Waals surface area contributed by atoms with Gasteiger partial charge in [-0.3, -0.25) is 4.79 Å². The van der Waals surface area contributed by atoms with Crippen LogP contribution in [0.25, 0.3) is 0 Å². The van der Waals surface area contributed by atoms with Gasteiger partial charge < -0.3 is 9.80 Å². The molecule has 0 N–H and O–H groups in total. The average molecular weight is 355 g/mol. The third kappa shape index (κ3) is 3.29. The molecule has 0 radical (unpaired) electrons. The molecule has 3 nitrogen and oxygen atoms in total. The van der Waals surface area contributed by atoms with Crippen molar-refractivity contribution in [2.45, 2.75) is 31.7 Å². The fourth-order valence-corrected chi connectivity index (χ4v) is 3.89. The smallest absolute Gasteiger partial charge is 0.255 e. The summed E-state index contributed by atoms with van der Waals surface area (Å²) >= 11 is 3.28. The van der Waals surface area contributed by atoms with Crippen molar-refractivity contribution in [3.05, 3.63) is 34.1 Å². The number of piperidine rings is 1. The van der Waals surface area contributed by atoms with Gasteiger partial charge in [0, 0.05) is 23.6 Å². The van der Waals surface area contributed by atoms with Gasteiger partial charge in [-0.1, -0.05) is 0 Å². The topological polar surface area (TPSA) is 23.6 Å². The minimum atomic E-state index is -0.328. The summed E-state index contributed by atoms with van der Waals surface area (Å²) in [7, 11) is 0. The van der Waals surface area contributed by atoms with Crippen LogP contribution in [0.3, 0.4) is 0 Å². The number of nitrogens with zero attached hydrogens (tertiary/aromatic N) is 2. The fraction of sp³-hybridized carbons (Fsp3) is 0.562. The molecule has 2 aliphatic heterocycles. The summed E-state index contributed by atoms with van der Waals surface area (Å²) in [5, 5.41) is 0. The number of amides is 1. The SMILES string of the molecule is O=C(c1ccc(F)cc1Br)N1CCC(N2CCCC2)CC1. The highest BCUT2D eigenvalue weighted by Crippen LogP contribution is 2.24. The molecule has 21 heavy (non-hydrogen) atoms. The van der Waals surface area contributed by atoms with Crippen LogP contribution in [0, 0.1) is 5.82 Å². The Labute approximate surface area is 133 Å². The summed E-state index contributed by atoms with van der Waals surface area (Å²) in [6.45, 7) is 4.01. The Kier molecular flexibility index (Phi) is 4.60. The summed E-state index contributed by atoms with van der Waals surface area (Å²) in [6.07, 6.45) is 4.71. The number of carbonyl (C=O) groups is 1. The molecule has 0 bridgehead atoms. The monoisotopic (exact) mass is 354 g/mol. The molecular formula is C16H20BrFN2O. The van der Waals surface area contributed by atoms with E-state index in [0.29, 0.717) is 16.1 Å². The second kappa shape index (κ2) is 6.44. The summed E-state index contributed by atoms with van der Waals surface area (Å²) in [5.41, 5.74) is 0.552. The molecule has 2 saturated heterocycles. The van der Waals surface area contributed by atoms with Crippen molar-refractivity contribution in [3.63, 3.8) is 0 Å². The lowest BCUT2D eigenvalue weighted by Gasteiger charge is -2.36. The third-order valence-corrected chi connectivity index (χ3v) is 5.23. The number of carbonyl (C=O) groups excluding carboxylic acids is 1. The van der Waals surface area contributed by atoms with Crippen molar-refractivity contribution in [2.75, 3.05) is 26.2 Å². The number of hydrogen-bond donors (Lipinski definition) is 0. The molecule has 2 heterocycles. The number of rotatable bonds is 2. The van der Waals surface area contributed by atoms with E-state index in [-0.39, 0.29) is 11.7 Å². The van der Waals surface area contributed by atoms with Gasteiger partial charge in [0.25, 0.3) is 5.91 Å². The van der Waals surface area contributed by atoms with Gasteiger partial charge in [0.1, 0.15) is 5.82 Å². The zero-order valence-corrected chi connectivity index (χ0v) is 13.6. The number of likely N-dealkylation sites (tertiary alicyclic amines) is 2. The second-order valence-electron chi connectivity index (χ2n) is 5.89. The van der Waals surface area contributed by atoms with Gasteiger partial charge in [0.15, 0.2) is 0 Å². The van der Waals surface area contributed by atoms with Crippen molar-refractivity contribution in [2.24, 2.45) is 0 Å². The zero-order valence-electron chi connectivity index (χ0n) is 12.0. The lowest BCUT2D eigenvalue weighted by molar-refractivity contribution is 0.0643. The van der Waals surface area contributed by atoms with Crippen molar-refractivity contribution in [1.82, 2.24) is 9.80 Å². The van der Waals surface area contributed by atoms with Crippen molar-refractivity contribution < 1.29 is 9.18 Å². The Morgan fingerprint density at radius 1 is 1.14 bits per heavy atom. The quantitative estimate of drug-likeness (QED) is 0.813. The molecule has 1 aromatic carbocycles. The molecular weight excluding hydrogens is 335 g/mol. The van der Waals surface area contributed by atoms with Crippen LogP contribution in [0.5, 0.6) is 0 Å². The van der Waals surface area contributed by atoms with E-state index in [9.17, 15) is 9.18 Å². The molecule has 114 valence electrons. The Hall–Kier alpha value is -0.940. The van der Waals surface area contributed by atoms with Crippen LogP contribution < -0.4 is 0 Å².